The number of benzene rings is 1. The van der Waals surface area contributed by atoms with Gasteiger partial charge in [-0.15, -0.1) is 0 Å². The van der Waals surface area contributed by atoms with Gasteiger partial charge in [-0.05, 0) is 42.7 Å². The van der Waals surface area contributed by atoms with Gasteiger partial charge in [0.2, 0.25) is 5.91 Å². The van der Waals surface area contributed by atoms with Gasteiger partial charge in [0.1, 0.15) is 0 Å². The lowest BCUT2D eigenvalue weighted by molar-refractivity contribution is -0.142. The number of hydrogen-bond acceptors (Lipinski definition) is 3. The highest BCUT2D eigenvalue weighted by Gasteiger charge is 2.50. The van der Waals surface area contributed by atoms with E-state index < -0.39 is 12.6 Å². The van der Waals surface area contributed by atoms with E-state index in [4.69, 9.17) is 4.74 Å². The van der Waals surface area contributed by atoms with Gasteiger partial charge in [0.25, 0.3) is 0 Å². The molecule has 0 radical (unpaired) electrons. The van der Waals surface area contributed by atoms with Crippen LogP contribution < -0.4 is 5.32 Å². The van der Waals surface area contributed by atoms with E-state index in [2.05, 4.69) is 5.32 Å². The Bertz CT molecular complexity index is 667. The molecule has 148 valence electrons. The van der Waals surface area contributed by atoms with Crippen LogP contribution in [0, 0.1) is 5.92 Å². The predicted molar refractivity (Wildman–Crippen MR) is 94.2 cm³/mol. The van der Waals surface area contributed by atoms with Crippen LogP contribution in [0.1, 0.15) is 42.7 Å². The van der Waals surface area contributed by atoms with Gasteiger partial charge in [-0.2, -0.15) is 13.2 Å². The zero-order chi connectivity index (χ0) is 19.1. The van der Waals surface area contributed by atoms with Gasteiger partial charge in [-0.25, -0.2) is 0 Å². The third kappa shape index (κ3) is 4.14. The minimum atomic E-state index is -4.17. The largest absolute Gasteiger partial charge is 0.393 e. The van der Waals surface area contributed by atoms with Crippen molar-refractivity contribution >= 4 is 5.91 Å². The summed E-state index contributed by atoms with van der Waals surface area (Å²) in [5, 5.41) is 3.34. The van der Waals surface area contributed by atoms with Crippen LogP contribution in [0.15, 0.2) is 24.3 Å². The lowest BCUT2D eigenvalue weighted by Gasteiger charge is -2.45. The van der Waals surface area contributed by atoms with Crippen LogP contribution in [0.4, 0.5) is 13.2 Å². The summed E-state index contributed by atoms with van der Waals surface area (Å²) in [6.45, 7) is 2.72. The van der Waals surface area contributed by atoms with Crippen LogP contribution in [0.3, 0.4) is 0 Å². The van der Waals surface area contributed by atoms with Gasteiger partial charge in [0, 0.05) is 24.5 Å². The normalized spacial score (nSPS) is 29.1. The van der Waals surface area contributed by atoms with E-state index in [-0.39, 0.29) is 17.4 Å². The van der Waals surface area contributed by atoms with E-state index in [0.717, 1.165) is 44.3 Å². The summed E-state index contributed by atoms with van der Waals surface area (Å²) in [6, 6.07) is 6.77. The van der Waals surface area contributed by atoms with E-state index in [1.54, 1.807) is 12.1 Å². The zero-order valence-corrected chi connectivity index (χ0v) is 15.2. The van der Waals surface area contributed by atoms with Crippen molar-refractivity contribution < 1.29 is 22.7 Å². The molecule has 2 saturated heterocycles. The average molecular weight is 382 g/mol. The average Bonchev–Trinajstić information content (AvgIpc) is 3.10. The molecular weight excluding hydrogens is 357 g/mol. The molecule has 1 saturated carbocycles. The van der Waals surface area contributed by atoms with Crippen molar-refractivity contribution in [1.29, 1.82) is 0 Å². The Morgan fingerprint density at radius 3 is 2.41 bits per heavy atom. The Labute approximate surface area is 157 Å². The summed E-state index contributed by atoms with van der Waals surface area (Å²) in [4.78, 5) is 14.7. The third-order valence-electron chi connectivity index (χ3n) is 6.21. The molecule has 0 aromatic heterocycles. The number of piperidine rings is 1. The van der Waals surface area contributed by atoms with E-state index in [9.17, 15) is 18.0 Å². The van der Waals surface area contributed by atoms with Gasteiger partial charge in [0.05, 0.1) is 19.8 Å². The van der Waals surface area contributed by atoms with Crippen LogP contribution >= 0.6 is 0 Å². The molecule has 0 unspecified atom stereocenters. The van der Waals surface area contributed by atoms with Crippen LogP contribution in [-0.2, 0) is 16.0 Å². The predicted octanol–water partition coefficient (Wildman–Crippen LogP) is 3.22. The minimum absolute atomic E-state index is 0.0246. The molecule has 1 amide bonds. The van der Waals surface area contributed by atoms with Crippen LogP contribution in [0.5, 0.6) is 0 Å². The van der Waals surface area contributed by atoms with Crippen molar-refractivity contribution in [3.05, 3.63) is 35.4 Å². The molecule has 7 heteroatoms. The fourth-order valence-corrected chi connectivity index (χ4v) is 4.65. The first-order valence-corrected chi connectivity index (χ1v) is 9.61. The van der Waals surface area contributed by atoms with Crippen LogP contribution in [0.2, 0.25) is 0 Å². The number of carbonyl (C=O) groups excluding carboxylic acids is 1. The Morgan fingerprint density at radius 1 is 1.19 bits per heavy atom. The SMILES string of the molecule is O=C(C1CC2(COCN2)C1)N1CCC(c2ccc(CC(F)(F)F)cc2)CC1. The van der Waals surface area contributed by atoms with Crippen molar-refractivity contribution in [2.75, 3.05) is 26.4 Å². The number of halogens is 3. The second-order valence-corrected chi connectivity index (χ2v) is 8.19. The lowest BCUT2D eigenvalue weighted by atomic mass is 9.68. The van der Waals surface area contributed by atoms with Gasteiger partial charge < -0.3 is 9.64 Å². The third-order valence-corrected chi connectivity index (χ3v) is 6.21. The Balaban J connectivity index is 1.27. The molecule has 1 N–H and O–H groups in total. The summed E-state index contributed by atoms with van der Waals surface area (Å²) < 4.78 is 42.8. The second kappa shape index (κ2) is 7.09. The van der Waals surface area contributed by atoms with E-state index >= 15 is 0 Å². The second-order valence-electron chi connectivity index (χ2n) is 8.19. The number of alkyl halides is 3. The minimum Gasteiger partial charge on any atom is -0.364 e. The quantitative estimate of drug-likeness (QED) is 0.873. The maximum atomic E-state index is 12.7. The Morgan fingerprint density at radius 2 is 1.85 bits per heavy atom. The Kier molecular flexibility index (Phi) is 4.93. The highest BCUT2D eigenvalue weighted by Crippen LogP contribution is 2.41. The molecule has 4 nitrogen and oxygen atoms in total. The van der Waals surface area contributed by atoms with E-state index in [0.29, 0.717) is 24.8 Å². The van der Waals surface area contributed by atoms with Gasteiger partial charge >= 0.3 is 6.18 Å². The van der Waals surface area contributed by atoms with Gasteiger partial charge in [0.15, 0.2) is 0 Å². The molecule has 27 heavy (non-hydrogen) atoms. The molecule has 2 heterocycles. The molecule has 4 rings (SSSR count). The molecular formula is C20H25F3N2O2. The molecule has 1 aromatic rings. The number of ether oxygens (including phenoxy) is 1. The fraction of sp³-hybridized carbons (Fsp3) is 0.650. The smallest absolute Gasteiger partial charge is 0.364 e. The molecule has 3 aliphatic rings. The summed E-state index contributed by atoms with van der Waals surface area (Å²) >= 11 is 0. The highest BCUT2D eigenvalue weighted by molar-refractivity contribution is 5.80. The van der Waals surface area contributed by atoms with Gasteiger partial charge in [-0.1, -0.05) is 24.3 Å². The summed E-state index contributed by atoms with van der Waals surface area (Å²) in [5.74, 6) is 0.650. The summed E-state index contributed by atoms with van der Waals surface area (Å²) in [5.41, 5.74) is 1.39. The van der Waals surface area contributed by atoms with Crippen molar-refractivity contribution in [1.82, 2.24) is 10.2 Å². The number of nitrogens with zero attached hydrogens (tertiary/aromatic N) is 1. The number of rotatable bonds is 3. The first-order valence-electron chi connectivity index (χ1n) is 9.61. The van der Waals surface area contributed by atoms with Crippen molar-refractivity contribution in [3.8, 4) is 0 Å². The topological polar surface area (TPSA) is 41.6 Å². The molecule has 0 atom stereocenters. The number of amides is 1. The van der Waals surface area contributed by atoms with E-state index in [1.807, 2.05) is 17.0 Å². The first kappa shape index (κ1) is 18.7. The summed E-state index contributed by atoms with van der Waals surface area (Å²) in [7, 11) is 0. The van der Waals surface area contributed by atoms with Crippen molar-refractivity contribution in [2.24, 2.45) is 5.92 Å². The number of hydrogen-bond donors (Lipinski definition) is 1. The number of likely N-dealkylation sites (tertiary alicyclic amines) is 1. The summed E-state index contributed by atoms with van der Waals surface area (Å²) in [6.07, 6.45) is -1.62. The maximum absolute atomic E-state index is 12.7. The number of nitrogens with one attached hydrogen (secondary N) is 1. The van der Waals surface area contributed by atoms with E-state index in [1.165, 1.54) is 0 Å². The molecule has 0 bridgehead atoms. The maximum Gasteiger partial charge on any atom is 0.393 e. The molecule has 1 aromatic carbocycles. The van der Waals surface area contributed by atoms with Gasteiger partial charge in [-0.3, -0.25) is 10.1 Å². The molecule has 2 aliphatic heterocycles. The van der Waals surface area contributed by atoms with Crippen molar-refractivity contribution in [2.45, 2.75) is 49.7 Å². The molecule has 1 spiro atoms. The lowest BCUT2D eigenvalue weighted by Crippen LogP contribution is -2.58. The van der Waals surface area contributed by atoms with Crippen LogP contribution in [-0.4, -0.2) is 48.9 Å². The monoisotopic (exact) mass is 382 g/mol. The highest BCUT2D eigenvalue weighted by atomic mass is 19.4. The first-order chi connectivity index (χ1) is 12.8. The molecule has 1 aliphatic carbocycles. The number of carbonyl (C=O) groups is 1. The Hall–Kier alpha value is -1.60. The standard InChI is InChI=1S/C20H25F3N2O2/c21-20(22,23)9-14-1-3-15(4-2-14)16-5-7-25(8-6-16)18(26)17-10-19(11-17)12-27-13-24-19/h1-4,16-17,24H,5-13H2. The zero-order valence-electron chi connectivity index (χ0n) is 15.2. The molecule has 3 fully saturated rings. The van der Waals surface area contributed by atoms with Crippen molar-refractivity contribution in [3.63, 3.8) is 0 Å². The van der Waals surface area contributed by atoms with Crippen LogP contribution in [0.25, 0.3) is 0 Å². The fourth-order valence-electron chi connectivity index (χ4n) is 4.65.